The van der Waals surface area contributed by atoms with Gasteiger partial charge >= 0.3 is 6.09 Å². The Bertz CT molecular complexity index is 320. The molecule has 15 heavy (non-hydrogen) atoms. The Kier molecular flexibility index (Phi) is 5.15. The molecule has 1 rings (SSSR count). The molecule has 0 unspecified atom stereocenters. The fraction of sp³-hybridized carbons (Fsp3) is 0.333. The maximum absolute atomic E-state index is 10.6. The zero-order valence-electron chi connectivity index (χ0n) is 8.85. The van der Waals surface area contributed by atoms with E-state index in [2.05, 4.69) is 21.9 Å². The summed E-state index contributed by atoms with van der Waals surface area (Å²) in [5.41, 5.74) is 1.31. The Labute approximate surface area is 89.8 Å². The zero-order valence-corrected chi connectivity index (χ0v) is 8.85. The lowest BCUT2D eigenvalue weighted by Crippen LogP contribution is -1.93. The van der Waals surface area contributed by atoms with Crippen LogP contribution in [0, 0.1) is 0 Å². The Hall–Kier alpha value is -1.64. The molecule has 1 aromatic carbocycles. The zero-order chi connectivity index (χ0) is 10.9. The molecule has 0 saturated heterocycles. The van der Waals surface area contributed by atoms with Gasteiger partial charge in [-0.1, -0.05) is 30.3 Å². The summed E-state index contributed by atoms with van der Waals surface area (Å²) in [6.45, 7) is 0. The van der Waals surface area contributed by atoms with Gasteiger partial charge in [0.2, 0.25) is 0 Å². The van der Waals surface area contributed by atoms with E-state index in [1.165, 1.54) is 12.7 Å². The first-order valence-electron chi connectivity index (χ1n) is 4.97. The van der Waals surface area contributed by atoms with Crippen molar-refractivity contribution in [2.24, 2.45) is 4.99 Å². The number of hydrogen-bond acceptors (Lipinski definition) is 2. The van der Waals surface area contributed by atoms with Crippen molar-refractivity contribution in [3.05, 3.63) is 35.9 Å². The number of unbranched alkanes of at least 4 members (excludes halogenated alkanes) is 1. The van der Waals surface area contributed by atoms with Gasteiger partial charge in [0.05, 0.1) is 7.11 Å². The molecule has 1 amide bonds. The second kappa shape index (κ2) is 6.76. The van der Waals surface area contributed by atoms with Crippen molar-refractivity contribution < 1.29 is 9.53 Å². The molecule has 0 fully saturated rings. The van der Waals surface area contributed by atoms with Gasteiger partial charge in [-0.05, 0) is 24.8 Å². The number of aliphatic imine (C=N–C) groups is 1. The van der Waals surface area contributed by atoms with E-state index < -0.39 is 6.09 Å². The molecule has 0 saturated carbocycles. The van der Waals surface area contributed by atoms with Crippen LogP contribution in [0.5, 0.6) is 0 Å². The van der Waals surface area contributed by atoms with Crippen molar-refractivity contribution in [3.8, 4) is 0 Å². The topological polar surface area (TPSA) is 38.7 Å². The quantitative estimate of drug-likeness (QED) is 0.560. The van der Waals surface area contributed by atoms with E-state index in [1.54, 1.807) is 6.21 Å². The minimum absolute atomic E-state index is 0.533. The van der Waals surface area contributed by atoms with E-state index in [0.717, 1.165) is 19.3 Å². The van der Waals surface area contributed by atoms with Crippen LogP contribution >= 0.6 is 0 Å². The maximum atomic E-state index is 10.6. The average molecular weight is 205 g/mol. The Morgan fingerprint density at radius 2 is 2.13 bits per heavy atom. The number of methoxy groups -OCH3 is 1. The fourth-order valence-corrected chi connectivity index (χ4v) is 1.23. The number of amides is 1. The van der Waals surface area contributed by atoms with E-state index in [0.29, 0.717) is 0 Å². The number of carbonyl (C=O) groups excluding carboxylic acids is 1. The second-order valence-electron chi connectivity index (χ2n) is 3.16. The van der Waals surface area contributed by atoms with Gasteiger partial charge in [0.15, 0.2) is 0 Å². The lowest BCUT2D eigenvalue weighted by molar-refractivity contribution is 0.182. The molecule has 0 aliphatic heterocycles. The highest BCUT2D eigenvalue weighted by molar-refractivity contribution is 5.78. The van der Waals surface area contributed by atoms with Crippen LogP contribution in [0.4, 0.5) is 4.79 Å². The minimum atomic E-state index is -0.533. The van der Waals surface area contributed by atoms with E-state index in [1.807, 2.05) is 18.2 Å². The monoisotopic (exact) mass is 205 g/mol. The van der Waals surface area contributed by atoms with Gasteiger partial charge in [-0.3, -0.25) is 0 Å². The largest absolute Gasteiger partial charge is 0.451 e. The number of carbonyl (C=O) groups is 1. The van der Waals surface area contributed by atoms with Gasteiger partial charge in [0.25, 0.3) is 0 Å². The molecule has 1 aromatic rings. The minimum Gasteiger partial charge on any atom is -0.451 e. The van der Waals surface area contributed by atoms with Crippen molar-refractivity contribution in [3.63, 3.8) is 0 Å². The van der Waals surface area contributed by atoms with Gasteiger partial charge in [-0.15, -0.1) is 0 Å². The molecule has 0 N–H and O–H groups in total. The van der Waals surface area contributed by atoms with Gasteiger partial charge in [-0.2, -0.15) is 4.99 Å². The lowest BCUT2D eigenvalue weighted by Gasteiger charge is -1.97. The highest BCUT2D eigenvalue weighted by Gasteiger charge is 1.92. The Morgan fingerprint density at radius 3 is 2.80 bits per heavy atom. The molecule has 80 valence electrons. The van der Waals surface area contributed by atoms with Crippen molar-refractivity contribution in [1.82, 2.24) is 0 Å². The van der Waals surface area contributed by atoms with E-state index in [9.17, 15) is 4.79 Å². The number of nitrogens with zero attached hydrogens (tertiary/aromatic N) is 1. The summed E-state index contributed by atoms with van der Waals surface area (Å²) in [7, 11) is 1.32. The first kappa shape index (κ1) is 11.4. The second-order valence-corrected chi connectivity index (χ2v) is 3.16. The van der Waals surface area contributed by atoms with Crippen LogP contribution in [0.3, 0.4) is 0 Å². The van der Waals surface area contributed by atoms with Crippen LogP contribution in [0.15, 0.2) is 35.3 Å². The Morgan fingerprint density at radius 1 is 1.40 bits per heavy atom. The first-order valence-corrected chi connectivity index (χ1v) is 4.97. The van der Waals surface area contributed by atoms with Crippen molar-refractivity contribution in [2.75, 3.05) is 7.11 Å². The molecular formula is C12H15NO2. The van der Waals surface area contributed by atoms with Crippen LogP contribution in [0.1, 0.15) is 18.4 Å². The van der Waals surface area contributed by atoms with Crippen molar-refractivity contribution in [2.45, 2.75) is 19.3 Å². The fourth-order valence-electron chi connectivity index (χ4n) is 1.23. The maximum Gasteiger partial charge on any atom is 0.432 e. The van der Waals surface area contributed by atoms with Crippen LogP contribution in [0.2, 0.25) is 0 Å². The summed E-state index contributed by atoms with van der Waals surface area (Å²) >= 11 is 0. The number of hydrogen-bond donors (Lipinski definition) is 0. The molecular weight excluding hydrogens is 190 g/mol. The molecule has 0 radical (unpaired) electrons. The Balaban J connectivity index is 2.17. The molecule has 0 atom stereocenters. The third kappa shape index (κ3) is 4.96. The standard InChI is InChI=1S/C12H15NO2/c1-15-12(14)13-10-6-5-9-11-7-3-2-4-8-11/h2-4,7-8,10H,5-6,9H2,1H3. The summed E-state index contributed by atoms with van der Waals surface area (Å²) in [5, 5.41) is 0. The summed E-state index contributed by atoms with van der Waals surface area (Å²) in [6.07, 6.45) is 3.87. The number of aryl methyl sites for hydroxylation is 1. The third-order valence-corrected chi connectivity index (χ3v) is 2.01. The van der Waals surface area contributed by atoms with Crippen LogP contribution in [-0.4, -0.2) is 19.4 Å². The third-order valence-electron chi connectivity index (χ3n) is 2.01. The van der Waals surface area contributed by atoms with Crippen molar-refractivity contribution in [1.29, 1.82) is 0 Å². The molecule has 0 aliphatic rings. The summed E-state index contributed by atoms with van der Waals surface area (Å²) in [4.78, 5) is 14.2. The molecule has 3 nitrogen and oxygen atoms in total. The summed E-state index contributed by atoms with van der Waals surface area (Å²) in [6, 6.07) is 10.2. The van der Waals surface area contributed by atoms with Crippen molar-refractivity contribution >= 4 is 12.3 Å². The van der Waals surface area contributed by atoms with E-state index >= 15 is 0 Å². The average Bonchev–Trinajstić information content (AvgIpc) is 2.29. The van der Waals surface area contributed by atoms with Crippen LogP contribution in [0.25, 0.3) is 0 Å². The summed E-state index contributed by atoms with van der Waals surface area (Å²) in [5.74, 6) is 0. The van der Waals surface area contributed by atoms with Crippen LogP contribution < -0.4 is 0 Å². The van der Waals surface area contributed by atoms with Gasteiger partial charge in [0.1, 0.15) is 0 Å². The molecule has 0 bridgehead atoms. The van der Waals surface area contributed by atoms with Gasteiger partial charge < -0.3 is 4.74 Å². The van der Waals surface area contributed by atoms with E-state index in [4.69, 9.17) is 0 Å². The first-order chi connectivity index (χ1) is 7.33. The summed E-state index contributed by atoms with van der Waals surface area (Å²) < 4.78 is 4.38. The molecule has 0 spiro atoms. The molecule has 3 heteroatoms. The molecule has 0 aromatic heterocycles. The smallest absolute Gasteiger partial charge is 0.432 e. The SMILES string of the molecule is COC(=O)N=CCCCc1ccccc1. The van der Waals surface area contributed by atoms with Crippen LogP contribution in [-0.2, 0) is 11.2 Å². The molecule has 0 heterocycles. The highest BCUT2D eigenvalue weighted by Crippen LogP contribution is 2.03. The van der Waals surface area contributed by atoms with Gasteiger partial charge in [-0.25, -0.2) is 4.79 Å². The molecule has 0 aliphatic carbocycles. The predicted molar refractivity (Wildman–Crippen MR) is 60.3 cm³/mol. The highest BCUT2D eigenvalue weighted by atomic mass is 16.5. The van der Waals surface area contributed by atoms with E-state index in [-0.39, 0.29) is 0 Å². The number of ether oxygens (including phenoxy) is 1. The predicted octanol–water partition coefficient (Wildman–Crippen LogP) is 2.85. The normalized spacial score (nSPS) is 10.5. The lowest BCUT2D eigenvalue weighted by atomic mass is 10.1. The number of rotatable bonds is 4. The number of benzene rings is 1. The van der Waals surface area contributed by atoms with Gasteiger partial charge in [0, 0.05) is 6.21 Å².